The minimum absolute atomic E-state index is 0.234. The van der Waals surface area contributed by atoms with Crippen LogP contribution in [-0.4, -0.2) is 65.0 Å². The van der Waals surface area contributed by atoms with Gasteiger partial charge in [-0.3, -0.25) is 9.69 Å². The van der Waals surface area contributed by atoms with Crippen molar-refractivity contribution in [3.63, 3.8) is 0 Å². The maximum atomic E-state index is 11.2. The van der Waals surface area contributed by atoms with Crippen LogP contribution in [0.3, 0.4) is 0 Å². The smallest absolute Gasteiger partial charge is 0.408 e. The Hall–Kier alpha value is -2.09. The highest BCUT2D eigenvalue weighted by Crippen LogP contribution is 2.59. The molecule has 1 aliphatic carbocycles. The lowest BCUT2D eigenvalue weighted by Gasteiger charge is -2.20. The first-order valence-electron chi connectivity index (χ1n) is 8.03. The zero-order valence-electron chi connectivity index (χ0n) is 13.6. The van der Waals surface area contributed by atoms with Crippen molar-refractivity contribution in [2.24, 2.45) is 5.41 Å². The normalized spacial score (nSPS) is 28.0. The van der Waals surface area contributed by atoms with E-state index in [2.05, 4.69) is 0 Å². The molecule has 3 atom stereocenters. The quantitative estimate of drug-likeness (QED) is 0.371. The first-order chi connectivity index (χ1) is 11.4. The molecule has 0 aromatic carbocycles. The van der Waals surface area contributed by atoms with Crippen LogP contribution >= 0.6 is 0 Å². The number of likely N-dealkylation sites (tertiary alicyclic amines) is 1. The van der Waals surface area contributed by atoms with Crippen molar-refractivity contribution in [3.05, 3.63) is 12.2 Å². The molecule has 1 heterocycles. The lowest BCUT2D eigenvalue weighted by Crippen LogP contribution is -2.42. The largest absolute Gasteiger partial charge is 0.480 e. The maximum absolute atomic E-state index is 11.2. The number of aliphatic carboxylic acids is 1. The van der Waals surface area contributed by atoms with Gasteiger partial charge in [-0.2, -0.15) is 0 Å². The SMILES string of the molecule is CCOC(=O)CC/C=C/COC[C@@]12C[C@@H]1N(C(=O)O)[C@H](C(=O)O)C2. The topological polar surface area (TPSA) is 113 Å². The molecule has 0 bridgehead atoms. The molecule has 1 aliphatic heterocycles. The van der Waals surface area contributed by atoms with Gasteiger partial charge in [0.1, 0.15) is 6.04 Å². The van der Waals surface area contributed by atoms with Gasteiger partial charge in [0, 0.05) is 17.9 Å². The van der Waals surface area contributed by atoms with Crippen LogP contribution in [0.25, 0.3) is 0 Å². The van der Waals surface area contributed by atoms with Gasteiger partial charge < -0.3 is 19.7 Å². The summed E-state index contributed by atoms with van der Waals surface area (Å²) in [6.07, 6.45) is 4.28. The van der Waals surface area contributed by atoms with Gasteiger partial charge in [0.15, 0.2) is 0 Å². The Morgan fingerprint density at radius 1 is 1.25 bits per heavy atom. The molecular weight excluding hydrogens is 318 g/mol. The van der Waals surface area contributed by atoms with Crippen LogP contribution in [0.5, 0.6) is 0 Å². The van der Waals surface area contributed by atoms with Crippen LogP contribution in [0.2, 0.25) is 0 Å². The summed E-state index contributed by atoms with van der Waals surface area (Å²) in [6.45, 7) is 2.82. The van der Waals surface area contributed by atoms with Crippen molar-refractivity contribution in [2.45, 2.75) is 44.7 Å². The zero-order chi connectivity index (χ0) is 17.7. The highest BCUT2D eigenvalue weighted by molar-refractivity contribution is 5.81. The predicted molar refractivity (Wildman–Crippen MR) is 82.6 cm³/mol. The molecule has 0 radical (unpaired) electrons. The average Bonchev–Trinajstić information content (AvgIpc) is 3.10. The van der Waals surface area contributed by atoms with E-state index in [1.165, 1.54) is 0 Å². The second kappa shape index (κ2) is 7.65. The summed E-state index contributed by atoms with van der Waals surface area (Å²) in [7, 11) is 0. The van der Waals surface area contributed by atoms with Crippen molar-refractivity contribution in [2.75, 3.05) is 19.8 Å². The molecule has 0 spiro atoms. The number of allylic oxidation sites excluding steroid dienone is 1. The Bertz CT molecular complexity index is 533. The number of esters is 1. The molecule has 2 aliphatic rings. The molecule has 1 saturated heterocycles. The van der Waals surface area contributed by atoms with Gasteiger partial charge in [-0.1, -0.05) is 12.2 Å². The number of ether oxygens (including phenoxy) is 2. The molecule has 2 N–H and O–H groups in total. The van der Waals surface area contributed by atoms with Gasteiger partial charge in [0.05, 0.1) is 19.8 Å². The van der Waals surface area contributed by atoms with E-state index in [9.17, 15) is 14.4 Å². The first kappa shape index (κ1) is 18.3. The standard InChI is InChI=1S/C16H23NO7/c1-2-24-13(18)6-4-3-5-7-23-10-16-8-11(14(19)20)17(15(21)22)12(16)9-16/h3,5,11-12H,2,4,6-10H2,1H3,(H,19,20)(H,21,22)/b5-3+/t11-,12-,16+/m0/s1. The van der Waals surface area contributed by atoms with E-state index < -0.39 is 18.1 Å². The summed E-state index contributed by atoms with van der Waals surface area (Å²) in [5, 5.41) is 18.3. The number of amides is 1. The molecule has 2 fully saturated rings. The number of hydrogen-bond donors (Lipinski definition) is 2. The number of rotatable bonds is 9. The molecule has 24 heavy (non-hydrogen) atoms. The molecule has 2 rings (SSSR count). The number of carboxylic acid groups (broad SMARTS) is 2. The second-order valence-electron chi connectivity index (χ2n) is 6.16. The third kappa shape index (κ3) is 4.05. The van der Waals surface area contributed by atoms with E-state index in [-0.39, 0.29) is 17.4 Å². The molecule has 1 saturated carbocycles. The van der Waals surface area contributed by atoms with E-state index in [0.717, 1.165) is 4.90 Å². The van der Waals surface area contributed by atoms with Crippen LogP contribution in [0, 0.1) is 5.41 Å². The van der Waals surface area contributed by atoms with E-state index in [1.807, 2.05) is 6.08 Å². The van der Waals surface area contributed by atoms with Gasteiger partial charge in [-0.05, 0) is 26.2 Å². The average molecular weight is 341 g/mol. The summed E-state index contributed by atoms with van der Waals surface area (Å²) in [6, 6.07) is -1.24. The van der Waals surface area contributed by atoms with Crippen molar-refractivity contribution in [3.8, 4) is 0 Å². The zero-order valence-corrected chi connectivity index (χ0v) is 13.6. The molecule has 8 heteroatoms. The summed E-state index contributed by atoms with van der Waals surface area (Å²) in [5.74, 6) is -1.34. The predicted octanol–water partition coefficient (Wildman–Crippen LogP) is 1.50. The lowest BCUT2D eigenvalue weighted by atomic mass is 10.0. The van der Waals surface area contributed by atoms with Gasteiger partial charge in [-0.15, -0.1) is 0 Å². The Balaban J connectivity index is 1.70. The third-order valence-corrected chi connectivity index (χ3v) is 4.51. The number of fused-ring (bicyclic) bond motifs is 1. The van der Waals surface area contributed by atoms with Gasteiger partial charge in [-0.25, -0.2) is 9.59 Å². The third-order valence-electron chi connectivity index (χ3n) is 4.51. The highest BCUT2D eigenvalue weighted by atomic mass is 16.5. The summed E-state index contributed by atoms with van der Waals surface area (Å²) >= 11 is 0. The van der Waals surface area contributed by atoms with Gasteiger partial charge in [0.25, 0.3) is 0 Å². The van der Waals surface area contributed by atoms with E-state index in [4.69, 9.17) is 19.7 Å². The number of hydrogen-bond acceptors (Lipinski definition) is 5. The van der Waals surface area contributed by atoms with Crippen molar-refractivity contribution in [1.82, 2.24) is 4.90 Å². The van der Waals surface area contributed by atoms with Crippen molar-refractivity contribution < 1.29 is 34.1 Å². The molecule has 1 amide bonds. The van der Waals surface area contributed by atoms with Crippen LogP contribution in [0.1, 0.15) is 32.6 Å². The van der Waals surface area contributed by atoms with Crippen molar-refractivity contribution in [1.29, 1.82) is 0 Å². The summed E-state index contributed by atoms with van der Waals surface area (Å²) in [4.78, 5) is 34.6. The molecule has 0 aromatic heterocycles. The molecule has 0 aromatic rings. The fraction of sp³-hybridized carbons (Fsp3) is 0.688. The number of nitrogens with zero attached hydrogens (tertiary/aromatic N) is 1. The lowest BCUT2D eigenvalue weighted by molar-refractivity contribution is -0.143. The molecule has 134 valence electrons. The van der Waals surface area contributed by atoms with Crippen molar-refractivity contribution >= 4 is 18.0 Å². The fourth-order valence-corrected chi connectivity index (χ4v) is 3.28. The Morgan fingerprint density at radius 3 is 2.58 bits per heavy atom. The monoisotopic (exact) mass is 341 g/mol. The molecule has 0 unspecified atom stereocenters. The fourth-order valence-electron chi connectivity index (χ4n) is 3.28. The Kier molecular flexibility index (Phi) is 5.82. The number of carbonyl (C=O) groups is 3. The van der Waals surface area contributed by atoms with Crippen LogP contribution in [-0.2, 0) is 19.1 Å². The first-order valence-corrected chi connectivity index (χ1v) is 8.03. The maximum Gasteiger partial charge on any atom is 0.408 e. The van der Waals surface area contributed by atoms with Gasteiger partial charge in [0.2, 0.25) is 0 Å². The van der Waals surface area contributed by atoms with E-state index >= 15 is 0 Å². The van der Waals surface area contributed by atoms with E-state index in [0.29, 0.717) is 45.5 Å². The van der Waals surface area contributed by atoms with Gasteiger partial charge >= 0.3 is 18.0 Å². The number of piperidine rings is 1. The Labute approximate surface area is 140 Å². The van der Waals surface area contributed by atoms with Crippen LogP contribution in [0.15, 0.2) is 12.2 Å². The van der Waals surface area contributed by atoms with E-state index in [1.54, 1.807) is 13.0 Å². The minimum Gasteiger partial charge on any atom is -0.480 e. The number of carbonyl (C=O) groups excluding carboxylic acids is 1. The summed E-state index contributed by atoms with van der Waals surface area (Å²) in [5.41, 5.74) is -0.361. The summed E-state index contributed by atoms with van der Waals surface area (Å²) < 4.78 is 10.4. The van der Waals surface area contributed by atoms with Crippen LogP contribution < -0.4 is 0 Å². The molecule has 8 nitrogen and oxygen atoms in total. The highest BCUT2D eigenvalue weighted by Gasteiger charge is 2.67. The molecular formula is C16H23NO7. The Morgan fingerprint density at radius 2 is 2.00 bits per heavy atom. The second-order valence-corrected chi connectivity index (χ2v) is 6.16. The minimum atomic E-state index is -1.19. The van der Waals surface area contributed by atoms with Crippen LogP contribution in [0.4, 0.5) is 4.79 Å². The number of carboxylic acids is 1.